The molecule has 0 bridgehead atoms. The van der Waals surface area contributed by atoms with Crippen molar-refractivity contribution in [2.24, 2.45) is 0 Å². The molecule has 1 unspecified atom stereocenters. The molecule has 3 rings (SSSR count). The molecular formula is C15H16ClN3O. The highest BCUT2D eigenvalue weighted by atomic mass is 35.5. The van der Waals surface area contributed by atoms with Crippen molar-refractivity contribution in [1.82, 2.24) is 14.5 Å². The minimum Gasteiger partial charge on any atom is -0.333 e. The van der Waals surface area contributed by atoms with Gasteiger partial charge in [0, 0.05) is 36.1 Å². The molecule has 1 aromatic heterocycles. The Bertz CT molecular complexity index is 638. The largest absolute Gasteiger partial charge is 0.333 e. The third-order valence-corrected chi connectivity index (χ3v) is 4.05. The number of benzene rings is 1. The first-order valence-electron chi connectivity index (χ1n) is 6.69. The third kappa shape index (κ3) is 2.49. The van der Waals surface area contributed by atoms with Crippen LogP contribution in [0.1, 0.15) is 23.1 Å². The maximum Gasteiger partial charge on any atom is 0.179 e. The van der Waals surface area contributed by atoms with Crippen LogP contribution < -0.4 is 0 Å². The number of Topliss-reactive ketones (excluding diaryl/α,β-unsaturated/α-hetero) is 1. The van der Waals surface area contributed by atoms with Crippen LogP contribution in [0.5, 0.6) is 0 Å². The van der Waals surface area contributed by atoms with Crippen LogP contribution >= 0.6 is 11.6 Å². The summed E-state index contributed by atoms with van der Waals surface area (Å²) in [5.74, 6) is 1.12. The minimum atomic E-state index is -0.168. The smallest absolute Gasteiger partial charge is 0.179 e. The summed E-state index contributed by atoms with van der Waals surface area (Å²) < 4.78 is 2.13. The van der Waals surface area contributed by atoms with Crippen LogP contribution in [0.3, 0.4) is 0 Å². The summed E-state index contributed by atoms with van der Waals surface area (Å²) in [5, 5.41) is 0.595. The lowest BCUT2D eigenvalue weighted by atomic mass is 10.0. The van der Waals surface area contributed by atoms with E-state index in [0.29, 0.717) is 17.1 Å². The maximum atomic E-state index is 12.5. The molecule has 0 N–H and O–H groups in total. The highest BCUT2D eigenvalue weighted by molar-refractivity contribution is 6.31. The van der Waals surface area contributed by atoms with E-state index in [4.69, 9.17) is 11.6 Å². The van der Waals surface area contributed by atoms with E-state index in [1.807, 2.05) is 31.5 Å². The van der Waals surface area contributed by atoms with E-state index in [2.05, 4.69) is 14.5 Å². The number of rotatable bonds is 3. The Kier molecular flexibility index (Phi) is 3.59. The fraction of sp³-hybridized carbons (Fsp3) is 0.333. The lowest BCUT2D eigenvalue weighted by molar-refractivity contribution is 0.0793. The van der Waals surface area contributed by atoms with Crippen LogP contribution in [-0.4, -0.2) is 32.8 Å². The second-order valence-electron chi connectivity index (χ2n) is 5.06. The Morgan fingerprint density at radius 3 is 3.05 bits per heavy atom. The number of imidazole rings is 1. The van der Waals surface area contributed by atoms with Crippen LogP contribution in [0.4, 0.5) is 0 Å². The third-order valence-electron chi connectivity index (χ3n) is 3.81. The summed E-state index contributed by atoms with van der Waals surface area (Å²) in [7, 11) is 0. The number of aromatic nitrogens is 2. The Balaban J connectivity index is 1.76. The first-order valence-corrected chi connectivity index (χ1v) is 7.07. The normalized spacial score (nSPS) is 16.7. The van der Waals surface area contributed by atoms with E-state index in [9.17, 15) is 4.79 Å². The molecule has 0 fully saturated rings. The standard InChI is InChI=1S/C15H16ClN3O/c1-11(15(20)12-3-2-4-13(16)9-12)19-8-7-18-6-5-17-14(18)10-19/h2-6,9,11H,7-8,10H2,1H3. The van der Waals surface area contributed by atoms with Crippen molar-refractivity contribution in [1.29, 1.82) is 0 Å². The molecule has 0 saturated carbocycles. The van der Waals surface area contributed by atoms with Gasteiger partial charge in [0.1, 0.15) is 5.82 Å². The number of hydrogen-bond acceptors (Lipinski definition) is 3. The molecule has 0 aliphatic carbocycles. The van der Waals surface area contributed by atoms with Gasteiger partial charge in [-0.3, -0.25) is 9.69 Å². The van der Waals surface area contributed by atoms with Gasteiger partial charge >= 0.3 is 0 Å². The van der Waals surface area contributed by atoms with Gasteiger partial charge in [-0.2, -0.15) is 0 Å². The zero-order chi connectivity index (χ0) is 14.1. The van der Waals surface area contributed by atoms with Crippen molar-refractivity contribution in [3.8, 4) is 0 Å². The Morgan fingerprint density at radius 1 is 1.40 bits per heavy atom. The first kappa shape index (κ1) is 13.3. The molecule has 1 aliphatic heterocycles. The van der Waals surface area contributed by atoms with Gasteiger partial charge in [-0.1, -0.05) is 23.7 Å². The van der Waals surface area contributed by atoms with Crippen LogP contribution in [-0.2, 0) is 13.1 Å². The first-order chi connectivity index (χ1) is 9.65. The average Bonchev–Trinajstić information content (AvgIpc) is 2.93. The zero-order valence-electron chi connectivity index (χ0n) is 11.3. The molecule has 5 heteroatoms. The summed E-state index contributed by atoms with van der Waals surface area (Å²) in [5.41, 5.74) is 0.666. The van der Waals surface area contributed by atoms with Gasteiger partial charge in [0.25, 0.3) is 0 Å². The number of nitrogens with zero attached hydrogens (tertiary/aromatic N) is 3. The molecule has 0 amide bonds. The number of halogens is 1. The molecule has 2 heterocycles. The van der Waals surface area contributed by atoms with Gasteiger partial charge in [0.15, 0.2) is 5.78 Å². The van der Waals surface area contributed by atoms with E-state index in [0.717, 1.165) is 18.9 Å². The van der Waals surface area contributed by atoms with Crippen molar-refractivity contribution in [3.05, 3.63) is 53.1 Å². The minimum absolute atomic E-state index is 0.104. The zero-order valence-corrected chi connectivity index (χ0v) is 12.0. The molecule has 20 heavy (non-hydrogen) atoms. The van der Waals surface area contributed by atoms with E-state index in [-0.39, 0.29) is 11.8 Å². The average molecular weight is 290 g/mol. The number of carbonyl (C=O) groups is 1. The molecule has 0 spiro atoms. The van der Waals surface area contributed by atoms with Crippen molar-refractivity contribution < 1.29 is 4.79 Å². The van der Waals surface area contributed by atoms with Crippen LogP contribution in [0.2, 0.25) is 5.02 Å². The highest BCUT2D eigenvalue weighted by Crippen LogP contribution is 2.18. The Labute approximate surface area is 123 Å². The van der Waals surface area contributed by atoms with Gasteiger partial charge in [0.2, 0.25) is 0 Å². The van der Waals surface area contributed by atoms with E-state index in [1.165, 1.54) is 0 Å². The quantitative estimate of drug-likeness (QED) is 0.815. The summed E-state index contributed by atoms with van der Waals surface area (Å²) in [6.45, 7) is 4.39. The Hall–Kier alpha value is -1.65. The topological polar surface area (TPSA) is 38.1 Å². The summed E-state index contributed by atoms with van der Waals surface area (Å²) in [6.07, 6.45) is 3.79. The molecule has 0 saturated heterocycles. The fourth-order valence-corrected chi connectivity index (χ4v) is 2.76. The molecule has 4 nitrogen and oxygen atoms in total. The predicted octanol–water partition coefficient (Wildman–Crippen LogP) is 2.62. The van der Waals surface area contributed by atoms with Crippen LogP contribution in [0.15, 0.2) is 36.7 Å². The molecule has 1 aliphatic rings. The molecule has 1 atom stereocenters. The van der Waals surface area contributed by atoms with Crippen LogP contribution in [0, 0.1) is 0 Å². The second kappa shape index (κ2) is 5.38. The van der Waals surface area contributed by atoms with Gasteiger partial charge in [-0.15, -0.1) is 0 Å². The van der Waals surface area contributed by atoms with E-state index < -0.39 is 0 Å². The summed E-state index contributed by atoms with van der Waals surface area (Å²) in [4.78, 5) is 19.0. The van der Waals surface area contributed by atoms with E-state index in [1.54, 1.807) is 12.1 Å². The summed E-state index contributed by atoms with van der Waals surface area (Å²) >= 11 is 5.95. The molecule has 104 valence electrons. The van der Waals surface area contributed by atoms with Gasteiger partial charge in [-0.25, -0.2) is 4.98 Å². The monoisotopic (exact) mass is 289 g/mol. The maximum absolute atomic E-state index is 12.5. The number of carbonyl (C=O) groups excluding carboxylic acids is 1. The predicted molar refractivity (Wildman–Crippen MR) is 77.9 cm³/mol. The number of fused-ring (bicyclic) bond motifs is 1. The SMILES string of the molecule is CC(C(=O)c1cccc(Cl)c1)N1CCn2ccnc2C1. The lowest BCUT2D eigenvalue weighted by Crippen LogP contribution is -2.43. The van der Waals surface area contributed by atoms with Crippen molar-refractivity contribution in [3.63, 3.8) is 0 Å². The van der Waals surface area contributed by atoms with Crippen molar-refractivity contribution >= 4 is 17.4 Å². The van der Waals surface area contributed by atoms with Gasteiger partial charge < -0.3 is 4.57 Å². The molecule has 1 aromatic carbocycles. The van der Waals surface area contributed by atoms with E-state index >= 15 is 0 Å². The highest BCUT2D eigenvalue weighted by Gasteiger charge is 2.26. The lowest BCUT2D eigenvalue weighted by Gasteiger charge is -2.31. The Morgan fingerprint density at radius 2 is 2.25 bits per heavy atom. The number of ketones is 1. The number of hydrogen-bond donors (Lipinski definition) is 0. The molecular weight excluding hydrogens is 274 g/mol. The van der Waals surface area contributed by atoms with Crippen molar-refractivity contribution in [2.75, 3.05) is 6.54 Å². The van der Waals surface area contributed by atoms with Crippen LogP contribution in [0.25, 0.3) is 0 Å². The van der Waals surface area contributed by atoms with Crippen molar-refractivity contribution in [2.45, 2.75) is 26.1 Å². The second-order valence-corrected chi connectivity index (χ2v) is 5.49. The fourth-order valence-electron chi connectivity index (χ4n) is 2.57. The molecule has 2 aromatic rings. The molecule has 0 radical (unpaired) electrons. The summed E-state index contributed by atoms with van der Waals surface area (Å²) in [6, 6.07) is 6.96. The van der Waals surface area contributed by atoms with Gasteiger partial charge in [0.05, 0.1) is 12.6 Å². The van der Waals surface area contributed by atoms with Gasteiger partial charge in [-0.05, 0) is 19.1 Å².